The third-order valence-corrected chi connectivity index (χ3v) is 9.32. The number of fused-ring (bicyclic) bond motifs is 2. The standard InChI is InChI=1S/C35H24ClF4N5O4S/c1-4-26-25(37)10-18(14-42-26)29-22(13-41)30-27(12-24(29)35(38,39)40)44-17(3)45(33(30)46)7-8-49-28-6-5-19(36)11-20(28)21-9-16(2)43-31-23(34(47)48)15-50-32(21)31/h5-6,9-12,14-15H,4,7-8H2,1-3H3,(H,47,48). The lowest BCUT2D eigenvalue weighted by Gasteiger charge is -2.19. The number of carboxylic acid groups (broad SMARTS) is 1. The smallest absolute Gasteiger partial charge is 0.417 e. The maximum atomic E-state index is 14.7. The average Bonchev–Trinajstić information content (AvgIpc) is 3.49. The summed E-state index contributed by atoms with van der Waals surface area (Å²) in [5.74, 6) is -1.54. The van der Waals surface area contributed by atoms with Crippen molar-refractivity contribution in [2.45, 2.75) is 39.9 Å². The second-order valence-electron chi connectivity index (χ2n) is 11.2. The summed E-state index contributed by atoms with van der Waals surface area (Å²) in [4.78, 5) is 38.3. The van der Waals surface area contributed by atoms with Crippen LogP contribution in [0.15, 0.2) is 52.8 Å². The molecule has 254 valence electrons. The molecule has 4 aromatic heterocycles. The van der Waals surface area contributed by atoms with E-state index in [1.807, 2.05) is 0 Å². The Kier molecular flexibility index (Phi) is 9.06. The van der Waals surface area contributed by atoms with Crippen LogP contribution in [0.5, 0.6) is 5.75 Å². The number of rotatable bonds is 8. The van der Waals surface area contributed by atoms with E-state index in [1.54, 1.807) is 44.2 Å². The van der Waals surface area contributed by atoms with Crippen LogP contribution >= 0.6 is 22.9 Å². The number of aromatic carboxylic acids is 1. The number of aryl methyl sites for hydroxylation is 3. The summed E-state index contributed by atoms with van der Waals surface area (Å²) >= 11 is 7.56. The minimum atomic E-state index is -4.97. The van der Waals surface area contributed by atoms with Gasteiger partial charge in [0.05, 0.1) is 50.0 Å². The number of ether oxygens (including phenoxy) is 1. The minimum absolute atomic E-state index is 0.0361. The van der Waals surface area contributed by atoms with Gasteiger partial charge in [-0.25, -0.2) is 14.2 Å². The quantitative estimate of drug-likeness (QED) is 0.155. The SMILES string of the molecule is CCc1ncc(-c2c(C(F)(F)F)cc3nc(C)n(CCOc4ccc(Cl)cc4-c4cc(C)nc5c(C(=O)O)csc45)c(=O)c3c2C#N)cc1F. The molecule has 0 atom stereocenters. The largest absolute Gasteiger partial charge is 0.491 e. The van der Waals surface area contributed by atoms with Crippen LogP contribution in [0.1, 0.15) is 45.6 Å². The van der Waals surface area contributed by atoms with Crippen molar-refractivity contribution in [2.75, 3.05) is 6.61 Å². The molecule has 9 nitrogen and oxygen atoms in total. The van der Waals surface area contributed by atoms with Crippen molar-refractivity contribution in [3.05, 3.63) is 103 Å². The number of carboxylic acids is 1. The lowest BCUT2D eigenvalue weighted by molar-refractivity contribution is -0.137. The van der Waals surface area contributed by atoms with Crippen molar-refractivity contribution in [3.63, 3.8) is 0 Å². The van der Waals surface area contributed by atoms with Crippen molar-refractivity contribution in [3.8, 4) is 34.1 Å². The van der Waals surface area contributed by atoms with Crippen LogP contribution in [0, 0.1) is 31.0 Å². The third kappa shape index (κ3) is 6.14. The monoisotopic (exact) mass is 721 g/mol. The molecular weight excluding hydrogens is 698 g/mol. The van der Waals surface area contributed by atoms with Gasteiger partial charge in [0, 0.05) is 44.5 Å². The molecule has 0 fully saturated rings. The van der Waals surface area contributed by atoms with Gasteiger partial charge in [-0.15, -0.1) is 11.3 Å². The molecular formula is C35H24ClF4N5O4S. The second-order valence-corrected chi connectivity index (χ2v) is 12.5. The molecule has 0 saturated heterocycles. The summed E-state index contributed by atoms with van der Waals surface area (Å²) in [7, 11) is 0. The molecule has 0 amide bonds. The molecule has 0 unspecified atom stereocenters. The van der Waals surface area contributed by atoms with Gasteiger partial charge < -0.3 is 9.84 Å². The molecule has 6 rings (SSSR count). The molecule has 50 heavy (non-hydrogen) atoms. The highest BCUT2D eigenvalue weighted by Gasteiger charge is 2.37. The van der Waals surface area contributed by atoms with Gasteiger partial charge in [-0.1, -0.05) is 18.5 Å². The number of benzene rings is 2. The zero-order chi connectivity index (χ0) is 36.1. The Hall–Kier alpha value is -5.39. The van der Waals surface area contributed by atoms with Crippen molar-refractivity contribution in [1.29, 1.82) is 5.26 Å². The first-order chi connectivity index (χ1) is 23.7. The summed E-state index contributed by atoms with van der Waals surface area (Å²) in [6.45, 7) is 4.56. The van der Waals surface area contributed by atoms with Crippen molar-refractivity contribution in [2.24, 2.45) is 0 Å². The molecule has 0 radical (unpaired) electrons. The number of nitriles is 1. The molecule has 0 aliphatic carbocycles. The summed E-state index contributed by atoms with van der Waals surface area (Å²) in [6, 6.07) is 9.95. The Morgan fingerprint density at radius 2 is 1.90 bits per heavy atom. The van der Waals surface area contributed by atoms with Gasteiger partial charge in [0.1, 0.15) is 30.1 Å². The first-order valence-electron chi connectivity index (χ1n) is 15.0. The molecule has 0 bridgehead atoms. The maximum absolute atomic E-state index is 14.7. The van der Waals surface area contributed by atoms with Gasteiger partial charge in [-0.3, -0.25) is 19.3 Å². The minimum Gasteiger partial charge on any atom is -0.491 e. The highest BCUT2D eigenvalue weighted by Crippen LogP contribution is 2.42. The molecule has 0 spiro atoms. The Balaban J connectivity index is 1.42. The Labute approximate surface area is 290 Å². The number of hydrogen-bond donors (Lipinski definition) is 1. The topological polar surface area (TPSA) is 131 Å². The molecule has 4 heterocycles. The van der Waals surface area contributed by atoms with E-state index in [-0.39, 0.29) is 53.1 Å². The van der Waals surface area contributed by atoms with Crippen molar-refractivity contribution in [1.82, 2.24) is 19.5 Å². The van der Waals surface area contributed by atoms with Crippen LogP contribution in [0.2, 0.25) is 5.02 Å². The number of halogens is 5. The number of thiophene rings is 1. The van der Waals surface area contributed by atoms with Gasteiger partial charge >= 0.3 is 12.1 Å². The fourth-order valence-corrected chi connectivity index (χ4v) is 7.01. The van der Waals surface area contributed by atoms with Gasteiger partial charge in [0.2, 0.25) is 0 Å². The van der Waals surface area contributed by atoms with Gasteiger partial charge in [-0.05, 0) is 56.7 Å². The van der Waals surface area contributed by atoms with E-state index in [0.29, 0.717) is 43.9 Å². The first-order valence-corrected chi connectivity index (χ1v) is 16.2. The molecule has 0 saturated carbocycles. The predicted molar refractivity (Wildman–Crippen MR) is 180 cm³/mol. The van der Waals surface area contributed by atoms with Crippen molar-refractivity contribution >= 4 is 50.0 Å². The summed E-state index contributed by atoms with van der Waals surface area (Å²) < 4.78 is 65.7. The normalized spacial score (nSPS) is 11.7. The maximum Gasteiger partial charge on any atom is 0.417 e. The van der Waals surface area contributed by atoms with Crippen LogP contribution in [-0.4, -0.2) is 37.2 Å². The Bertz CT molecular complexity index is 2470. The fourth-order valence-electron chi connectivity index (χ4n) is 5.83. The van der Waals surface area contributed by atoms with Crippen LogP contribution < -0.4 is 10.3 Å². The lowest BCUT2D eigenvalue weighted by Crippen LogP contribution is -2.27. The molecule has 0 aliphatic rings. The average molecular weight is 722 g/mol. The van der Waals surface area contributed by atoms with E-state index in [0.717, 1.165) is 12.3 Å². The number of pyridine rings is 2. The summed E-state index contributed by atoms with van der Waals surface area (Å²) in [5.41, 5.74) is -1.83. The highest BCUT2D eigenvalue weighted by molar-refractivity contribution is 7.18. The molecule has 15 heteroatoms. The van der Waals surface area contributed by atoms with E-state index in [9.17, 15) is 37.5 Å². The van der Waals surface area contributed by atoms with E-state index in [2.05, 4.69) is 15.0 Å². The molecule has 2 aromatic carbocycles. The Morgan fingerprint density at radius 1 is 1.14 bits per heavy atom. The van der Waals surface area contributed by atoms with E-state index >= 15 is 0 Å². The van der Waals surface area contributed by atoms with Gasteiger partial charge in [-0.2, -0.15) is 18.4 Å². The van der Waals surface area contributed by atoms with Gasteiger partial charge in [0.15, 0.2) is 0 Å². The first kappa shape index (κ1) is 34.5. The zero-order valence-electron chi connectivity index (χ0n) is 26.4. The highest BCUT2D eigenvalue weighted by atomic mass is 35.5. The van der Waals surface area contributed by atoms with Crippen LogP contribution in [0.4, 0.5) is 17.6 Å². The van der Waals surface area contributed by atoms with E-state index < -0.39 is 40.2 Å². The fraction of sp³-hybridized carbons (Fsp3) is 0.200. The number of nitrogens with zero attached hydrogens (tertiary/aromatic N) is 5. The lowest BCUT2D eigenvalue weighted by atomic mass is 9.92. The summed E-state index contributed by atoms with van der Waals surface area (Å²) in [6.07, 6.45) is -3.73. The third-order valence-electron chi connectivity index (χ3n) is 8.08. The van der Waals surface area contributed by atoms with Gasteiger partial charge in [0.25, 0.3) is 5.56 Å². The molecule has 1 N–H and O–H groups in total. The van der Waals surface area contributed by atoms with Crippen LogP contribution in [0.25, 0.3) is 43.4 Å². The van der Waals surface area contributed by atoms with Crippen molar-refractivity contribution < 1.29 is 32.2 Å². The number of alkyl halides is 3. The number of carbonyl (C=O) groups is 1. The molecule has 0 aliphatic heterocycles. The van der Waals surface area contributed by atoms with E-state index in [4.69, 9.17) is 16.3 Å². The van der Waals surface area contributed by atoms with Crippen LogP contribution in [-0.2, 0) is 19.1 Å². The zero-order valence-corrected chi connectivity index (χ0v) is 28.0. The van der Waals surface area contributed by atoms with E-state index in [1.165, 1.54) is 28.2 Å². The summed E-state index contributed by atoms with van der Waals surface area (Å²) in [5, 5.41) is 21.3. The predicted octanol–water partition coefficient (Wildman–Crippen LogP) is 8.37. The Morgan fingerprint density at radius 3 is 2.56 bits per heavy atom. The second kappa shape index (κ2) is 13.1. The number of aromatic nitrogens is 4. The van der Waals surface area contributed by atoms with Crippen LogP contribution in [0.3, 0.4) is 0 Å². The molecule has 6 aromatic rings. The number of hydrogen-bond acceptors (Lipinski definition) is 8.